The van der Waals surface area contributed by atoms with Crippen molar-refractivity contribution in [3.63, 3.8) is 0 Å². The first-order chi connectivity index (χ1) is 10.1. The second-order valence-electron chi connectivity index (χ2n) is 5.20. The highest BCUT2D eigenvalue weighted by Gasteiger charge is 2.08. The van der Waals surface area contributed by atoms with E-state index in [9.17, 15) is 4.79 Å². The van der Waals surface area contributed by atoms with Gasteiger partial charge in [0.05, 0.1) is 12.2 Å². The zero-order chi connectivity index (χ0) is 15.1. The number of hydrogen-bond donors (Lipinski definition) is 2. The molecule has 2 amide bonds. The monoisotopic (exact) mass is 286 g/mol. The Hall–Kier alpha value is -2.30. The molecule has 0 bridgehead atoms. The van der Waals surface area contributed by atoms with Crippen LogP contribution in [0.15, 0.2) is 42.6 Å². The average molecular weight is 286 g/mol. The fourth-order valence-electron chi connectivity index (χ4n) is 2.12. The quantitative estimate of drug-likeness (QED) is 0.855. The van der Waals surface area contributed by atoms with Gasteiger partial charge in [-0.15, -0.1) is 0 Å². The summed E-state index contributed by atoms with van der Waals surface area (Å²) in [6.45, 7) is 2.50. The molecule has 5 nitrogen and oxygen atoms in total. The highest BCUT2D eigenvalue weighted by atomic mass is 16.2. The number of benzene rings is 1. The lowest BCUT2D eigenvalue weighted by molar-refractivity contribution is 0.236. The molecule has 0 fully saturated rings. The van der Waals surface area contributed by atoms with Crippen molar-refractivity contribution in [2.45, 2.75) is 32.4 Å². The van der Waals surface area contributed by atoms with E-state index in [-0.39, 0.29) is 12.1 Å². The van der Waals surface area contributed by atoms with Gasteiger partial charge in [0, 0.05) is 19.3 Å². The van der Waals surface area contributed by atoms with Crippen LogP contribution in [0.25, 0.3) is 0 Å². The molecule has 1 unspecified atom stereocenters. The molecular formula is C16H22N4O. The van der Waals surface area contributed by atoms with Crippen LogP contribution < -0.4 is 10.6 Å². The summed E-state index contributed by atoms with van der Waals surface area (Å²) < 4.78 is 1.75. The van der Waals surface area contributed by atoms with E-state index in [1.165, 1.54) is 5.56 Å². The normalized spacial score (nSPS) is 11.9. The van der Waals surface area contributed by atoms with Crippen molar-refractivity contribution in [1.29, 1.82) is 0 Å². The lowest BCUT2D eigenvalue weighted by Gasteiger charge is -2.14. The van der Waals surface area contributed by atoms with Crippen LogP contribution in [0.4, 0.5) is 4.79 Å². The summed E-state index contributed by atoms with van der Waals surface area (Å²) in [7, 11) is 1.86. The number of nitrogens with zero attached hydrogens (tertiary/aromatic N) is 2. The minimum Gasteiger partial charge on any atom is -0.336 e. The van der Waals surface area contributed by atoms with Gasteiger partial charge in [-0.05, 0) is 31.4 Å². The Morgan fingerprint density at radius 3 is 2.71 bits per heavy atom. The zero-order valence-corrected chi connectivity index (χ0v) is 12.5. The van der Waals surface area contributed by atoms with E-state index in [0.29, 0.717) is 6.54 Å². The molecule has 0 spiro atoms. The predicted octanol–water partition coefficient (Wildman–Crippen LogP) is 2.24. The van der Waals surface area contributed by atoms with Crippen molar-refractivity contribution in [2.24, 2.45) is 7.05 Å². The Balaban J connectivity index is 1.68. The van der Waals surface area contributed by atoms with Gasteiger partial charge < -0.3 is 10.6 Å². The van der Waals surface area contributed by atoms with Gasteiger partial charge in [0.1, 0.15) is 0 Å². The number of urea groups is 1. The number of aryl methyl sites for hydroxylation is 2. The molecule has 0 saturated carbocycles. The van der Waals surface area contributed by atoms with Crippen LogP contribution in [0.1, 0.15) is 24.6 Å². The lowest BCUT2D eigenvalue weighted by atomic mass is 10.1. The molecule has 0 aliphatic rings. The minimum absolute atomic E-state index is 0.136. The fourth-order valence-corrected chi connectivity index (χ4v) is 2.12. The molecule has 0 radical (unpaired) electrons. The van der Waals surface area contributed by atoms with Gasteiger partial charge in [-0.25, -0.2) is 4.79 Å². The van der Waals surface area contributed by atoms with E-state index in [1.807, 2.05) is 38.2 Å². The standard InChI is InChI=1S/C16H22N4O/c1-13(8-9-14-6-4-3-5-7-14)19-16(21)17-12-15-10-11-18-20(15)2/h3-7,10-11,13H,8-9,12H2,1-2H3,(H2,17,19,21). The molecule has 0 aliphatic heterocycles. The van der Waals surface area contributed by atoms with Crippen LogP contribution in [-0.4, -0.2) is 21.9 Å². The Kier molecular flexibility index (Phi) is 5.37. The molecule has 21 heavy (non-hydrogen) atoms. The molecule has 5 heteroatoms. The number of nitrogens with one attached hydrogen (secondary N) is 2. The third-order valence-electron chi connectivity index (χ3n) is 3.44. The van der Waals surface area contributed by atoms with Gasteiger partial charge in [-0.1, -0.05) is 30.3 Å². The van der Waals surface area contributed by atoms with Gasteiger partial charge in [-0.2, -0.15) is 5.10 Å². The second-order valence-corrected chi connectivity index (χ2v) is 5.20. The van der Waals surface area contributed by atoms with Crippen LogP contribution in [0.2, 0.25) is 0 Å². The topological polar surface area (TPSA) is 59.0 Å². The van der Waals surface area contributed by atoms with E-state index in [4.69, 9.17) is 0 Å². The van der Waals surface area contributed by atoms with Gasteiger partial charge in [-0.3, -0.25) is 4.68 Å². The van der Waals surface area contributed by atoms with E-state index in [0.717, 1.165) is 18.5 Å². The number of amides is 2. The van der Waals surface area contributed by atoms with Crippen molar-refractivity contribution in [2.75, 3.05) is 0 Å². The molecule has 112 valence electrons. The smallest absolute Gasteiger partial charge is 0.315 e. The second kappa shape index (κ2) is 7.47. The molecule has 2 aromatic rings. The lowest BCUT2D eigenvalue weighted by Crippen LogP contribution is -2.40. The molecular weight excluding hydrogens is 264 g/mol. The highest BCUT2D eigenvalue weighted by Crippen LogP contribution is 2.04. The fraction of sp³-hybridized carbons (Fsp3) is 0.375. The number of carbonyl (C=O) groups is 1. The van der Waals surface area contributed by atoms with Gasteiger partial charge in [0.15, 0.2) is 0 Å². The molecule has 2 N–H and O–H groups in total. The third-order valence-corrected chi connectivity index (χ3v) is 3.44. The zero-order valence-electron chi connectivity index (χ0n) is 12.5. The predicted molar refractivity (Wildman–Crippen MR) is 82.8 cm³/mol. The maximum atomic E-state index is 11.8. The number of hydrogen-bond acceptors (Lipinski definition) is 2. The Morgan fingerprint density at radius 2 is 2.05 bits per heavy atom. The van der Waals surface area contributed by atoms with Crippen LogP contribution >= 0.6 is 0 Å². The van der Waals surface area contributed by atoms with E-state index < -0.39 is 0 Å². The first-order valence-corrected chi connectivity index (χ1v) is 7.20. The van der Waals surface area contributed by atoms with Crippen LogP contribution in [0.3, 0.4) is 0 Å². The van der Waals surface area contributed by atoms with Crippen molar-refractivity contribution in [3.8, 4) is 0 Å². The Morgan fingerprint density at radius 1 is 1.29 bits per heavy atom. The van der Waals surface area contributed by atoms with Gasteiger partial charge in [0.2, 0.25) is 0 Å². The number of carbonyl (C=O) groups excluding carboxylic acids is 1. The van der Waals surface area contributed by atoms with Gasteiger partial charge >= 0.3 is 6.03 Å². The molecule has 1 heterocycles. The summed E-state index contributed by atoms with van der Waals surface area (Å²) in [5, 5.41) is 9.86. The summed E-state index contributed by atoms with van der Waals surface area (Å²) >= 11 is 0. The summed E-state index contributed by atoms with van der Waals surface area (Å²) in [6, 6.07) is 12.2. The third kappa shape index (κ3) is 4.95. The first-order valence-electron chi connectivity index (χ1n) is 7.20. The Bertz CT molecular complexity index is 565. The van der Waals surface area contributed by atoms with Crippen molar-refractivity contribution < 1.29 is 4.79 Å². The SMILES string of the molecule is CC(CCc1ccccc1)NC(=O)NCc1ccnn1C. The molecule has 1 atom stereocenters. The summed E-state index contributed by atoms with van der Waals surface area (Å²) in [4.78, 5) is 11.8. The number of rotatable bonds is 6. The number of aromatic nitrogens is 2. The largest absolute Gasteiger partial charge is 0.336 e. The summed E-state index contributed by atoms with van der Waals surface area (Å²) in [6.07, 6.45) is 3.60. The van der Waals surface area contributed by atoms with E-state index >= 15 is 0 Å². The van der Waals surface area contributed by atoms with Crippen LogP contribution in [0, 0.1) is 0 Å². The Labute approximate surface area is 125 Å². The van der Waals surface area contributed by atoms with E-state index in [1.54, 1.807) is 10.9 Å². The summed E-state index contributed by atoms with van der Waals surface area (Å²) in [5.41, 5.74) is 2.27. The average Bonchev–Trinajstić information content (AvgIpc) is 2.89. The van der Waals surface area contributed by atoms with Crippen LogP contribution in [0.5, 0.6) is 0 Å². The van der Waals surface area contributed by atoms with Gasteiger partial charge in [0.25, 0.3) is 0 Å². The maximum Gasteiger partial charge on any atom is 0.315 e. The van der Waals surface area contributed by atoms with Crippen molar-refractivity contribution >= 4 is 6.03 Å². The molecule has 0 saturated heterocycles. The maximum absolute atomic E-state index is 11.8. The summed E-state index contributed by atoms with van der Waals surface area (Å²) in [5.74, 6) is 0. The minimum atomic E-state index is -0.142. The molecule has 0 aliphatic carbocycles. The van der Waals surface area contributed by atoms with Crippen molar-refractivity contribution in [1.82, 2.24) is 20.4 Å². The van der Waals surface area contributed by atoms with Crippen LogP contribution in [-0.2, 0) is 20.0 Å². The highest BCUT2D eigenvalue weighted by molar-refractivity contribution is 5.74. The molecule has 2 rings (SSSR count). The molecule has 1 aromatic carbocycles. The molecule has 1 aromatic heterocycles. The van der Waals surface area contributed by atoms with E-state index in [2.05, 4.69) is 27.9 Å². The van der Waals surface area contributed by atoms with Crippen molar-refractivity contribution in [3.05, 3.63) is 53.9 Å². The first kappa shape index (κ1) is 15.1.